The third-order valence-electron chi connectivity index (χ3n) is 2.41. The summed E-state index contributed by atoms with van der Waals surface area (Å²) in [4.78, 5) is 11.3. The molecule has 0 saturated heterocycles. The first-order valence-electron chi connectivity index (χ1n) is 5.85. The Morgan fingerprint density at radius 2 is 2.21 bits per heavy atom. The zero-order chi connectivity index (χ0) is 14.5. The summed E-state index contributed by atoms with van der Waals surface area (Å²) >= 11 is 0. The highest BCUT2D eigenvalue weighted by atomic mass is 19.4. The maximum absolute atomic E-state index is 11.9. The van der Waals surface area contributed by atoms with E-state index in [1.165, 1.54) is 6.92 Å². The number of aryl methyl sites for hydroxylation is 1. The van der Waals surface area contributed by atoms with Crippen LogP contribution in [0.25, 0.3) is 0 Å². The first-order valence-corrected chi connectivity index (χ1v) is 5.85. The minimum atomic E-state index is -4.39. The van der Waals surface area contributed by atoms with Crippen LogP contribution in [0.15, 0.2) is 12.4 Å². The van der Waals surface area contributed by atoms with Gasteiger partial charge in [-0.2, -0.15) is 18.3 Å². The van der Waals surface area contributed by atoms with E-state index in [1.54, 1.807) is 10.9 Å². The van der Waals surface area contributed by atoms with Crippen LogP contribution in [-0.2, 0) is 11.3 Å². The van der Waals surface area contributed by atoms with E-state index >= 15 is 0 Å². The Labute approximate surface area is 109 Å². The number of hydrogen-bond acceptors (Lipinski definition) is 3. The maximum atomic E-state index is 11.9. The van der Waals surface area contributed by atoms with Gasteiger partial charge in [0.25, 0.3) is 0 Å². The van der Waals surface area contributed by atoms with Crippen molar-refractivity contribution in [3.63, 3.8) is 0 Å². The van der Waals surface area contributed by atoms with Gasteiger partial charge in [0.1, 0.15) is 6.54 Å². The van der Waals surface area contributed by atoms with Crippen LogP contribution in [0.4, 0.5) is 13.2 Å². The van der Waals surface area contributed by atoms with Gasteiger partial charge in [0.15, 0.2) is 0 Å². The van der Waals surface area contributed by atoms with Crippen molar-refractivity contribution >= 4 is 5.91 Å². The molecule has 1 unspecified atom stereocenters. The molecule has 0 aliphatic carbocycles. The van der Waals surface area contributed by atoms with Gasteiger partial charge in [-0.05, 0) is 19.4 Å². The minimum absolute atomic E-state index is 0.446. The standard InChI is InChI=1S/C11H17F3N4O/c1-8-5-17-18(6-8)4-3-15-9(2)10(19)16-7-11(12,13)14/h5-6,9,15H,3-4,7H2,1-2H3,(H,16,19). The number of carbonyl (C=O) groups is 1. The van der Waals surface area contributed by atoms with Gasteiger partial charge >= 0.3 is 6.18 Å². The second kappa shape index (κ2) is 6.55. The molecule has 0 saturated carbocycles. The lowest BCUT2D eigenvalue weighted by Crippen LogP contribution is -2.45. The number of amides is 1. The minimum Gasteiger partial charge on any atom is -0.346 e. The predicted octanol–water partition coefficient (Wildman–Crippen LogP) is 0.848. The summed E-state index contributed by atoms with van der Waals surface area (Å²) in [5.74, 6) is -0.672. The molecule has 1 rings (SSSR count). The fourth-order valence-corrected chi connectivity index (χ4v) is 1.42. The third-order valence-corrected chi connectivity index (χ3v) is 2.41. The van der Waals surface area contributed by atoms with E-state index in [9.17, 15) is 18.0 Å². The van der Waals surface area contributed by atoms with Crippen LogP contribution in [0.2, 0.25) is 0 Å². The number of rotatable bonds is 6. The summed E-state index contributed by atoms with van der Waals surface area (Å²) in [7, 11) is 0. The predicted molar refractivity (Wildman–Crippen MR) is 63.5 cm³/mol. The Hall–Kier alpha value is -1.57. The van der Waals surface area contributed by atoms with E-state index in [4.69, 9.17) is 0 Å². The van der Waals surface area contributed by atoms with Gasteiger partial charge in [-0.1, -0.05) is 0 Å². The molecule has 0 bridgehead atoms. The van der Waals surface area contributed by atoms with Gasteiger partial charge in [0.2, 0.25) is 5.91 Å². The Balaban J connectivity index is 2.23. The number of hydrogen-bond donors (Lipinski definition) is 2. The lowest BCUT2D eigenvalue weighted by molar-refractivity contribution is -0.139. The van der Waals surface area contributed by atoms with Gasteiger partial charge in [0.05, 0.1) is 18.8 Å². The summed E-state index contributed by atoms with van der Waals surface area (Å²) in [6.45, 7) is 3.10. The van der Waals surface area contributed by atoms with Crippen molar-refractivity contribution in [2.24, 2.45) is 0 Å². The molecule has 108 valence electrons. The van der Waals surface area contributed by atoms with E-state index in [0.29, 0.717) is 13.1 Å². The number of nitrogens with one attached hydrogen (secondary N) is 2. The largest absolute Gasteiger partial charge is 0.405 e. The monoisotopic (exact) mass is 278 g/mol. The van der Waals surface area contributed by atoms with Crippen molar-refractivity contribution in [1.82, 2.24) is 20.4 Å². The first-order chi connectivity index (χ1) is 8.78. The van der Waals surface area contributed by atoms with E-state index in [2.05, 4.69) is 10.4 Å². The number of nitrogens with zero attached hydrogens (tertiary/aromatic N) is 2. The van der Waals surface area contributed by atoms with Crippen molar-refractivity contribution < 1.29 is 18.0 Å². The topological polar surface area (TPSA) is 59.0 Å². The highest BCUT2D eigenvalue weighted by Gasteiger charge is 2.28. The summed E-state index contributed by atoms with van der Waals surface area (Å²) in [5, 5.41) is 8.72. The van der Waals surface area contributed by atoms with Gasteiger partial charge in [-0.15, -0.1) is 0 Å². The highest BCUT2D eigenvalue weighted by Crippen LogP contribution is 2.12. The normalized spacial score (nSPS) is 13.3. The van der Waals surface area contributed by atoms with Crippen LogP contribution < -0.4 is 10.6 Å². The van der Waals surface area contributed by atoms with Crippen molar-refractivity contribution in [2.75, 3.05) is 13.1 Å². The summed E-state index contributed by atoms with van der Waals surface area (Å²) < 4.78 is 37.4. The van der Waals surface area contributed by atoms with Crippen LogP contribution in [-0.4, -0.2) is 41.0 Å². The van der Waals surface area contributed by atoms with Crippen molar-refractivity contribution in [1.29, 1.82) is 0 Å². The smallest absolute Gasteiger partial charge is 0.346 e. The molecule has 5 nitrogen and oxygen atoms in total. The van der Waals surface area contributed by atoms with E-state index in [1.807, 2.05) is 18.4 Å². The molecular formula is C11H17F3N4O. The van der Waals surface area contributed by atoms with Crippen molar-refractivity contribution in [3.8, 4) is 0 Å². The van der Waals surface area contributed by atoms with Crippen LogP contribution in [0.3, 0.4) is 0 Å². The molecule has 0 aliphatic rings. The molecule has 8 heteroatoms. The molecular weight excluding hydrogens is 261 g/mol. The summed E-state index contributed by atoms with van der Waals surface area (Å²) in [5.41, 5.74) is 1.02. The molecule has 1 heterocycles. The fourth-order valence-electron chi connectivity index (χ4n) is 1.42. The van der Waals surface area contributed by atoms with Gasteiger partial charge in [-0.3, -0.25) is 9.48 Å². The van der Waals surface area contributed by atoms with Gasteiger partial charge < -0.3 is 10.6 Å². The summed E-state index contributed by atoms with van der Waals surface area (Å²) in [6.07, 6.45) is -0.836. The first kappa shape index (κ1) is 15.5. The Bertz CT molecular complexity index is 416. The summed E-state index contributed by atoms with van der Waals surface area (Å²) in [6, 6.07) is -0.681. The van der Waals surface area contributed by atoms with E-state index in [-0.39, 0.29) is 0 Å². The zero-order valence-corrected chi connectivity index (χ0v) is 10.8. The Morgan fingerprint density at radius 3 is 2.74 bits per heavy atom. The van der Waals surface area contributed by atoms with Crippen molar-refractivity contribution in [2.45, 2.75) is 32.6 Å². The SMILES string of the molecule is Cc1cnn(CCNC(C)C(=O)NCC(F)(F)F)c1. The van der Waals surface area contributed by atoms with Crippen LogP contribution in [0, 0.1) is 6.92 Å². The number of carbonyl (C=O) groups excluding carboxylic acids is 1. The molecule has 19 heavy (non-hydrogen) atoms. The lowest BCUT2D eigenvalue weighted by Gasteiger charge is -2.15. The average Bonchev–Trinajstić information content (AvgIpc) is 2.71. The number of halogens is 3. The van der Waals surface area contributed by atoms with Crippen molar-refractivity contribution in [3.05, 3.63) is 18.0 Å². The number of alkyl halides is 3. The van der Waals surface area contributed by atoms with Crippen LogP contribution >= 0.6 is 0 Å². The lowest BCUT2D eigenvalue weighted by atomic mass is 10.3. The Kier molecular flexibility index (Phi) is 5.34. The fraction of sp³-hybridized carbons (Fsp3) is 0.636. The van der Waals surface area contributed by atoms with Crippen LogP contribution in [0.1, 0.15) is 12.5 Å². The Morgan fingerprint density at radius 1 is 1.53 bits per heavy atom. The molecule has 1 atom stereocenters. The third kappa shape index (κ3) is 6.23. The molecule has 0 spiro atoms. The van der Waals surface area contributed by atoms with E-state index < -0.39 is 24.7 Å². The molecule has 0 fully saturated rings. The molecule has 2 N–H and O–H groups in total. The molecule has 1 aromatic heterocycles. The average molecular weight is 278 g/mol. The zero-order valence-electron chi connectivity index (χ0n) is 10.8. The van der Waals surface area contributed by atoms with E-state index in [0.717, 1.165) is 5.56 Å². The quantitative estimate of drug-likeness (QED) is 0.811. The molecule has 1 aromatic rings. The van der Waals surface area contributed by atoms with Gasteiger partial charge in [0, 0.05) is 12.7 Å². The molecule has 0 aliphatic heterocycles. The molecule has 1 amide bonds. The second-order valence-corrected chi connectivity index (χ2v) is 4.29. The maximum Gasteiger partial charge on any atom is 0.405 e. The molecule has 0 radical (unpaired) electrons. The highest BCUT2D eigenvalue weighted by molar-refractivity contribution is 5.81. The number of aromatic nitrogens is 2. The van der Waals surface area contributed by atoms with Crippen LogP contribution in [0.5, 0.6) is 0 Å². The molecule has 0 aromatic carbocycles. The van der Waals surface area contributed by atoms with Gasteiger partial charge in [-0.25, -0.2) is 0 Å². The second-order valence-electron chi connectivity index (χ2n) is 4.29.